The molecule has 6 nitrogen and oxygen atoms in total. The molecule has 0 radical (unpaired) electrons. The van der Waals surface area contributed by atoms with Crippen molar-refractivity contribution in [3.05, 3.63) is 22.3 Å². The molecular formula is C17H24Cl2N4O2. The summed E-state index contributed by atoms with van der Waals surface area (Å²) in [6.07, 6.45) is 3.25. The number of nitrogens with zero attached hydrogens (tertiary/aromatic N) is 3. The largest absolute Gasteiger partial charge is 0.384 e. The molecule has 0 atom stereocenters. The first-order chi connectivity index (χ1) is 12.1. The molecule has 3 rings (SSSR count). The van der Waals surface area contributed by atoms with Gasteiger partial charge in [-0.05, 0) is 32.0 Å². The van der Waals surface area contributed by atoms with Gasteiger partial charge in [0.25, 0.3) is 0 Å². The van der Waals surface area contributed by atoms with Crippen molar-refractivity contribution in [3.8, 4) is 0 Å². The zero-order chi connectivity index (χ0) is 17.9. The second kappa shape index (κ2) is 8.08. The summed E-state index contributed by atoms with van der Waals surface area (Å²) in [7, 11) is 1.67. The smallest absolute Gasteiger partial charge is 0.231 e. The number of pyridine rings is 1. The summed E-state index contributed by atoms with van der Waals surface area (Å²) in [5.74, 6) is 0.942. The van der Waals surface area contributed by atoms with Crippen LogP contribution in [0.2, 0.25) is 10.0 Å². The van der Waals surface area contributed by atoms with E-state index in [1.165, 1.54) is 0 Å². The number of nitrogens with one attached hydrogen (secondary N) is 1. The van der Waals surface area contributed by atoms with Crippen LogP contribution in [0, 0.1) is 5.41 Å². The molecule has 138 valence electrons. The Bertz CT molecular complexity index is 609. The van der Waals surface area contributed by atoms with E-state index >= 15 is 0 Å². The third kappa shape index (κ3) is 4.03. The van der Waals surface area contributed by atoms with Gasteiger partial charge < -0.3 is 19.9 Å². The molecule has 1 N–H and O–H groups in total. The first-order valence-electron chi connectivity index (χ1n) is 8.61. The normalized spacial score (nSPS) is 20.6. The van der Waals surface area contributed by atoms with Crippen LogP contribution in [-0.4, -0.2) is 68.8 Å². The van der Waals surface area contributed by atoms with Gasteiger partial charge in [0.1, 0.15) is 5.82 Å². The van der Waals surface area contributed by atoms with E-state index in [0.717, 1.165) is 31.7 Å². The van der Waals surface area contributed by atoms with Gasteiger partial charge in [0.05, 0.1) is 22.1 Å². The molecule has 2 fully saturated rings. The van der Waals surface area contributed by atoms with E-state index in [0.29, 0.717) is 42.8 Å². The molecule has 1 aromatic heterocycles. The summed E-state index contributed by atoms with van der Waals surface area (Å²) in [5.41, 5.74) is -0.391. The minimum Gasteiger partial charge on any atom is -0.384 e. The fraction of sp³-hybridized carbons (Fsp3) is 0.647. The second-order valence-electron chi connectivity index (χ2n) is 6.70. The topological polar surface area (TPSA) is 57.7 Å². The molecule has 2 aliphatic heterocycles. The second-order valence-corrected chi connectivity index (χ2v) is 7.55. The summed E-state index contributed by atoms with van der Waals surface area (Å²) in [6, 6.07) is 1.70. The Morgan fingerprint density at radius 3 is 2.56 bits per heavy atom. The SMILES string of the molecule is COCC1(C(=O)N2CCN(c3ncc(Cl)cc3Cl)CC2)CCNCC1. The molecular weight excluding hydrogens is 363 g/mol. The van der Waals surface area contributed by atoms with E-state index in [9.17, 15) is 4.79 Å². The van der Waals surface area contributed by atoms with Gasteiger partial charge in [-0.1, -0.05) is 23.2 Å². The third-order valence-electron chi connectivity index (χ3n) is 5.09. The molecule has 3 heterocycles. The van der Waals surface area contributed by atoms with Gasteiger partial charge in [0.2, 0.25) is 5.91 Å². The van der Waals surface area contributed by atoms with E-state index in [1.807, 2.05) is 4.90 Å². The zero-order valence-electron chi connectivity index (χ0n) is 14.4. The maximum atomic E-state index is 13.2. The summed E-state index contributed by atoms with van der Waals surface area (Å²) in [5, 5.41) is 4.39. The summed E-state index contributed by atoms with van der Waals surface area (Å²) >= 11 is 12.2. The van der Waals surface area contributed by atoms with Crippen LogP contribution in [0.5, 0.6) is 0 Å². The van der Waals surface area contributed by atoms with Gasteiger partial charge in [-0.3, -0.25) is 4.79 Å². The lowest BCUT2D eigenvalue weighted by Gasteiger charge is -2.43. The molecule has 1 amide bonds. The van der Waals surface area contributed by atoms with Gasteiger partial charge in [-0.25, -0.2) is 4.98 Å². The van der Waals surface area contributed by atoms with Crippen LogP contribution in [-0.2, 0) is 9.53 Å². The van der Waals surface area contributed by atoms with Crippen molar-refractivity contribution in [1.82, 2.24) is 15.2 Å². The van der Waals surface area contributed by atoms with E-state index < -0.39 is 5.41 Å². The van der Waals surface area contributed by atoms with Crippen molar-refractivity contribution < 1.29 is 9.53 Å². The molecule has 8 heteroatoms. The number of carbonyl (C=O) groups excluding carboxylic acids is 1. The Balaban J connectivity index is 1.65. The molecule has 0 spiro atoms. The predicted octanol–water partition coefficient (Wildman–Crippen LogP) is 2.05. The maximum Gasteiger partial charge on any atom is 0.231 e. The lowest BCUT2D eigenvalue weighted by atomic mass is 9.78. The van der Waals surface area contributed by atoms with Crippen molar-refractivity contribution in [2.45, 2.75) is 12.8 Å². The highest BCUT2D eigenvalue weighted by molar-refractivity contribution is 6.36. The number of anilines is 1. The minimum absolute atomic E-state index is 0.214. The number of piperazine rings is 1. The summed E-state index contributed by atoms with van der Waals surface area (Å²) in [6.45, 7) is 4.95. The first-order valence-corrected chi connectivity index (χ1v) is 9.36. The Morgan fingerprint density at radius 1 is 1.28 bits per heavy atom. The third-order valence-corrected chi connectivity index (χ3v) is 5.57. The van der Waals surface area contributed by atoms with E-state index in [1.54, 1.807) is 19.4 Å². The highest BCUT2D eigenvalue weighted by Crippen LogP contribution is 2.33. The van der Waals surface area contributed by atoms with Gasteiger partial charge in [0, 0.05) is 39.5 Å². The molecule has 0 aromatic carbocycles. The first kappa shape index (κ1) is 18.7. The highest BCUT2D eigenvalue weighted by Gasteiger charge is 2.42. The van der Waals surface area contributed by atoms with Crippen LogP contribution >= 0.6 is 23.2 Å². The Labute approximate surface area is 158 Å². The van der Waals surface area contributed by atoms with Gasteiger partial charge in [-0.2, -0.15) is 0 Å². The molecule has 25 heavy (non-hydrogen) atoms. The van der Waals surface area contributed by atoms with E-state index in [2.05, 4.69) is 15.2 Å². The van der Waals surface area contributed by atoms with Crippen LogP contribution in [0.4, 0.5) is 5.82 Å². The Morgan fingerprint density at radius 2 is 1.96 bits per heavy atom. The van der Waals surface area contributed by atoms with Crippen molar-refractivity contribution in [2.24, 2.45) is 5.41 Å². The van der Waals surface area contributed by atoms with Crippen LogP contribution < -0.4 is 10.2 Å². The molecule has 0 unspecified atom stereocenters. The Hall–Kier alpha value is -1.08. The van der Waals surface area contributed by atoms with Crippen molar-refractivity contribution in [3.63, 3.8) is 0 Å². The molecule has 2 aliphatic rings. The number of amides is 1. The molecule has 1 aromatic rings. The molecule has 0 bridgehead atoms. The predicted molar refractivity (Wildman–Crippen MR) is 99.5 cm³/mol. The lowest BCUT2D eigenvalue weighted by Crippen LogP contribution is -2.56. The number of halogens is 2. The van der Waals surface area contributed by atoms with Crippen LogP contribution in [0.3, 0.4) is 0 Å². The minimum atomic E-state index is -0.391. The quantitative estimate of drug-likeness (QED) is 0.857. The average molecular weight is 387 g/mol. The number of carbonyl (C=O) groups is 1. The maximum absolute atomic E-state index is 13.2. The molecule has 0 aliphatic carbocycles. The number of methoxy groups -OCH3 is 1. The van der Waals surface area contributed by atoms with Crippen molar-refractivity contribution in [2.75, 3.05) is 57.9 Å². The van der Waals surface area contributed by atoms with Gasteiger partial charge in [-0.15, -0.1) is 0 Å². The van der Waals surface area contributed by atoms with E-state index in [-0.39, 0.29) is 5.91 Å². The Kier molecular flexibility index (Phi) is 6.04. The number of rotatable bonds is 4. The lowest BCUT2D eigenvalue weighted by molar-refractivity contribution is -0.147. The average Bonchev–Trinajstić information content (AvgIpc) is 2.62. The summed E-state index contributed by atoms with van der Waals surface area (Å²) < 4.78 is 5.39. The van der Waals surface area contributed by atoms with E-state index in [4.69, 9.17) is 27.9 Å². The fourth-order valence-corrected chi connectivity index (χ4v) is 4.20. The number of hydrogen-bond donors (Lipinski definition) is 1. The number of ether oxygens (including phenoxy) is 1. The van der Waals surface area contributed by atoms with Gasteiger partial charge in [0.15, 0.2) is 0 Å². The van der Waals surface area contributed by atoms with Crippen molar-refractivity contribution >= 4 is 34.9 Å². The molecule has 0 saturated carbocycles. The van der Waals surface area contributed by atoms with Crippen LogP contribution in [0.25, 0.3) is 0 Å². The highest BCUT2D eigenvalue weighted by atomic mass is 35.5. The number of hydrogen-bond acceptors (Lipinski definition) is 5. The summed E-state index contributed by atoms with van der Waals surface area (Å²) in [4.78, 5) is 21.6. The standard InChI is InChI=1S/C17H24Cl2N4O2/c1-25-12-17(2-4-20-5-3-17)16(24)23-8-6-22(7-9-23)15-14(19)10-13(18)11-21-15/h10-11,20H,2-9,12H2,1H3. The monoisotopic (exact) mass is 386 g/mol. The fourth-order valence-electron chi connectivity index (χ4n) is 3.70. The van der Waals surface area contributed by atoms with Crippen LogP contribution in [0.15, 0.2) is 12.3 Å². The zero-order valence-corrected chi connectivity index (χ0v) is 15.9. The van der Waals surface area contributed by atoms with Crippen molar-refractivity contribution in [1.29, 1.82) is 0 Å². The number of piperidine rings is 1. The van der Waals surface area contributed by atoms with Crippen LogP contribution in [0.1, 0.15) is 12.8 Å². The number of aromatic nitrogens is 1. The molecule has 2 saturated heterocycles. The van der Waals surface area contributed by atoms with Gasteiger partial charge >= 0.3 is 0 Å².